The second-order valence-electron chi connectivity index (χ2n) is 3.50. The van der Waals surface area contributed by atoms with Gasteiger partial charge in [-0.1, -0.05) is 32.6 Å². The Labute approximate surface area is 87.6 Å². The third kappa shape index (κ3) is 4.87. The first kappa shape index (κ1) is 13.0. The number of nitrogens with two attached hydrogens (primary N) is 1. The molecule has 0 amide bonds. The van der Waals surface area contributed by atoms with Crippen molar-refractivity contribution in [3.05, 3.63) is 37.7 Å². The van der Waals surface area contributed by atoms with Gasteiger partial charge in [-0.2, -0.15) is 0 Å². The van der Waals surface area contributed by atoms with E-state index < -0.39 is 0 Å². The number of hydrogen-bond donors (Lipinski definition) is 2. The molecule has 2 nitrogen and oxygen atoms in total. The minimum atomic E-state index is 0.228. The van der Waals surface area contributed by atoms with E-state index in [-0.39, 0.29) is 12.0 Å². The quantitative estimate of drug-likeness (QED) is 0.583. The van der Waals surface area contributed by atoms with E-state index >= 15 is 0 Å². The van der Waals surface area contributed by atoms with Crippen LogP contribution in [0.5, 0.6) is 0 Å². The van der Waals surface area contributed by atoms with Gasteiger partial charge in [0.15, 0.2) is 0 Å². The van der Waals surface area contributed by atoms with Crippen molar-refractivity contribution in [3.63, 3.8) is 0 Å². The zero-order valence-corrected chi connectivity index (χ0v) is 9.13. The van der Waals surface area contributed by atoms with E-state index in [9.17, 15) is 0 Å². The van der Waals surface area contributed by atoms with Crippen molar-refractivity contribution in [2.75, 3.05) is 0 Å². The molecule has 0 aliphatic heterocycles. The Morgan fingerprint density at radius 1 is 1.50 bits per heavy atom. The van der Waals surface area contributed by atoms with E-state index in [0.717, 1.165) is 25.0 Å². The van der Waals surface area contributed by atoms with Crippen LogP contribution in [-0.4, -0.2) is 6.04 Å². The third-order valence-corrected chi connectivity index (χ3v) is 2.24. The first-order chi connectivity index (χ1) is 6.65. The maximum atomic E-state index is 5.95. The summed E-state index contributed by atoms with van der Waals surface area (Å²) in [5, 5.41) is 2.99. The van der Waals surface area contributed by atoms with Crippen LogP contribution in [0.15, 0.2) is 37.7 Å². The van der Waals surface area contributed by atoms with Gasteiger partial charge >= 0.3 is 0 Å². The Hall–Kier alpha value is -1.02. The van der Waals surface area contributed by atoms with Gasteiger partial charge in [0.25, 0.3) is 0 Å². The fourth-order valence-electron chi connectivity index (χ4n) is 1.43. The smallest absolute Gasteiger partial charge is 0.0175 e. The number of rotatable bonds is 8. The van der Waals surface area contributed by atoms with Gasteiger partial charge in [-0.05, 0) is 19.0 Å². The molecule has 14 heavy (non-hydrogen) atoms. The monoisotopic (exact) mass is 194 g/mol. The van der Waals surface area contributed by atoms with Crippen molar-refractivity contribution in [2.24, 2.45) is 11.7 Å². The van der Waals surface area contributed by atoms with E-state index in [1.165, 1.54) is 0 Å². The van der Waals surface area contributed by atoms with Crippen LogP contribution in [-0.2, 0) is 0 Å². The Morgan fingerprint density at radius 3 is 2.57 bits per heavy atom. The highest BCUT2D eigenvalue weighted by Gasteiger charge is 2.12. The molecule has 0 aromatic carbocycles. The third-order valence-electron chi connectivity index (χ3n) is 2.24. The highest BCUT2D eigenvalue weighted by molar-refractivity contribution is 5.08. The highest BCUT2D eigenvalue weighted by Crippen LogP contribution is 2.16. The summed E-state index contributed by atoms with van der Waals surface area (Å²) in [6, 6.07) is 0.228. The fraction of sp³-hybridized carbons (Fsp3) is 0.500. The average molecular weight is 194 g/mol. The molecule has 0 radical (unpaired) electrons. The topological polar surface area (TPSA) is 38.0 Å². The molecule has 0 aliphatic carbocycles. The molecule has 0 aromatic rings. The maximum absolute atomic E-state index is 5.95. The summed E-state index contributed by atoms with van der Waals surface area (Å²) in [6.45, 7) is 13.4. The molecular formula is C12H22N2. The Morgan fingerprint density at radius 2 is 2.14 bits per heavy atom. The second kappa shape index (κ2) is 7.39. The van der Waals surface area contributed by atoms with Gasteiger partial charge in [-0.3, -0.25) is 0 Å². The minimum Gasteiger partial charge on any atom is -0.366 e. The summed E-state index contributed by atoms with van der Waals surface area (Å²) in [5.74, 6) is 0.231. The zero-order chi connectivity index (χ0) is 11.0. The standard InChI is InChI=1S/C12H22N2/c1-5-8-12(13)9-11(6-2)10(4)14-7-3/h6-7,11-12,14H,2-5,8-9,13H2,1H3. The molecule has 2 unspecified atom stereocenters. The molecule has 0 bridgehead atoms. The van der Waals surface area contributed by atoms with E-state index in [0.29, 0.717) is 0 Å². The van der Waals surface area contributed by atoms with Crippen LogP contribution in [0.2, 0.25) is 0 Å². The van der Waals surface area contributed by atoms with Gasteiger partial charge in [-0.25, -0.2) is 0 Å². The fourth-order valence-corrected chi connectivity index (χ4v) is 1.43. The Balaban J connectivity index is 4.07. The Bertz CT molecular complexity index is 196. The van der Waals surface area contributed by atoms with Crippen LogP contribution < -0.4 is 11.1 Å². The minimum absolute atomic E-state index is 0.228. The lowest BCUT2D eigenvalue weighted by Crippen LogP contribution is -2.25. The van der Waals surface area contributed by atoms with Gasteiger partial charge in [0.05, 0.1) is 0 Å². The van der Waals surface area contributed by atoms with Gasteiger partial charge in [0, 0.05) is 17.7 Å². The predicted molar refractivity (Wildman–Crippen MR) is 63.7 cm³/mol. The predicted octanol–water partition coefficient (Wildman–Crippen LogP) is 2.55. The molecule has 2 heteroatoms. The van der Waals surface area contributed by atoms with Crippen molar-refractivity contribution in [3.8, 4) is 0 Å². The summed E-state index contributed by atoms with van der Waals surface area (Å²) >= 11 is 0. The summed E-state index contributed by atoms with van der Waals surface area (Å²) in [4.78, 5) is 0. The SMILES string of the molecule is C=CNC(=C)C(C=C)CC(N)CCC. The summed E-state index contributed by atoms with van der Waals surface area (Å²) in [5.41, 5.74) is 6.87. The van der Waals surface area contributed by atoms with Gasteiger partial charge in [0.1, 0.15) is 0 Å². The number of nitrogens with one attached hydrogen (secondary N) is 1. The largest absolute Gasteiger partial charge is 0.366 e. The lowest BCUT2D eigenvalue weighted by molar-refractivity contribution is 0.502. The van der Waals surface area contributed by atoms with Gasteiger partial charge in [-0.15, -0.1) is 6.58 Å². The molecule has 0 rings (SSSR count). The van der Waals surface area contributed by atoms with E-state index in [2.05, 4.69) is 32.0 Å². The molecule has 80 valence electrons. The van der Waals surface area contributed by atoms with E-state index in [4.69, 9.17) is 5.73 Å². The maximum Gasteiger partial charge on any atom is 0.0175 e. The summed E-state index contributed by atoms with van der Waals surface area (Å²) in [7, 11) is 0. The molecule has 0 saturated carbocycles. The van der Waals surface area contributed by atoms with Gasteiger partial charge < -0.3 is 11.1 Å². The summed E-state index contributed by atoms with van der Waals surface area (Å²) < 4.78 is 0. The van der Waals surface area contributed by atoms with E-state index in [1.54, 1.807) is 6.20 Å². The Kier molecular flexibility index (Phi) is 6.85. The van der Waals surface area contributed by atoms with Crippen molar-refractivity contribution in [2.45, 2.75) is 32.2 Å². The molecule has 0 spiro atoms. The highest BCUT2D eigenvalue weighted by atomic mass is 14.9. The average Bonchev–Trinajstić information content (AvgIpc) is 2.15. The summed E-state index contributed by atoms with van der Waals surface area (Å²) in [6.07, 6.45) is 6.58. The first-order valence-corrected chi connectivity index (χ1v) is 5.10. The normalized spacial score (nSPS) is 14.1. The lowest BCUT2D eigenvalue weighted by atomic mass is 9.95. The molecule has 0 fully saturated rings. The zero-order valence-electron chi connectivity index (χ0n) is 9.13. The molecule has 3 N–H and O–H groups in total. The first-order valence-electron chi connectivity index (χ1n) is 5.10. The molecule has 2 atom stereocenters. The number of allylic oxidation sites excluding steroid dienone is 1. The molecular weight excluding hydrogens is 172 g/mol. The molecule has 0 aliphatic rings. The molecule has 0 heterocycles. The van der Waals surface area contributed by atoms with Gasteiger partial charge in [0.2, 0.25) is 0 Å². The van der Waals surface area contributed by atoms with Crippen LogP contribution in [0, 0.1) is 5.92 Å². The second-order valence-corrected chi connectivity index (χ2v) is 3.50. The molecule has 0 aromatic heterocycles. The number of hydrogen-bond acceptors (Lipinski definition) is 2. The lowest BCUT2D eigenvalue weighted by Gasteiger charge is -2.19. The van der Waals surface area contributed by atoms with Crippen molar-refractivity contribution in [1.29, 1.82) is 0 Å². The van der Waals surface area contributed by atoms with Crippen LogP contribution in [0.3, 0.4) is 0 Å². The van der Waals surface area contributed by atoms with Crippen molar-refractivity contribution >= 4 is 0 Å². The van der Waals surface area contributed by atoms with Crippen molar-refractivity contribution in [1.82, 2.24) is 5.32 Å². The van der Waals surface area contributed by atoms with Crippen molar-refractivity contribution < 1.29 is 0 Å². The van der Waals surface area contributed by atoms with Crippen LogP contribution >= 0.6 is 0 Å². The van der Waals surface area contributed by atoms with Crippen LogP contribution in [0.25, 0.3) is 0 Å². The van der Waals surface area contributed by atoms with E-state index in [1.807, 2.05) is 6.08 Å². The molecule has 0 saturated heterocycles. The van der Waals surface area contributed by atoms with Crippen LogP contribution in [0.4, 0.5) is 0 Å². The van der Waals surface area contributed by atoms with Crippen LogP contribution in [0.1, 0.15) is 26.2 Å².